The van der Waals surface area contributed by atoms with Crippen LogP contribution in [0.5, 0.6) is 17.2 Å². The summed E-state index contributed by atoms with van der Waals surface area (Å²) >= 11 is 0. The van der Waals surface area contributed by atoms with E-state index in [1.165, 1.54) is 30.3 Å². The van der Waals surface area contributed by atoms with Crippen molar-refractivity contribution in [3.8, 4) is 17.2 Å². The first kappa shape index (κ1) is 24.6. The molecule has 2 heterocycles. The predicted molar refractivity (Wildman–Crippen MR) is 121 cm³/mol. The molecule has 0 fully saturated rings. The highest BCUT2D eigenvalue weighted by molar-refractivity contribution is 5.89. The molecule has 0 N–H and O–H groups in total. The van der Waals surface area contributed by atoms with Crippen molar-refractivity contribution < 1.29 is 36.6 Å². The summed E-state index contributed by atoms with van der Waals surface area (Å²) in [6, 6.07) is 8.23. The molecule has 2 aromatic carbocycles. The lowest BCUT2D eigenvalue weighted by molar-refractivity contribution is -0.154. The fourth-order valence-corrected chi connectivity index (χ4v) is 3.63. The third-order valence-electron chi connectivity index (χ3n) is 5.56. The van der Waals surface area contributed by atoms with E-state index in [-0.39, 0.29) is 48.2 Å². The molecule has 1 aliphatic heterocycles. The van der Waals surface area contributed by atoms with Crippen LogP contribution in [0.15, 0.2) is 45.6 Å². The summed E-state index contributed by atoms with van der Waals surface area (Å²) in [5.41, 5.74) is -0.582. The summed E-state index contributed by atoms with van der Waals surface area (Å²) in [7, 11) is 0. The van der Waals surface area contributed by atoms with E-state index in [1.807, 2.05) is 25.7 Å². The molecule has 0 saturated carbocycles. The van der Waals surface area contributed by atoms with Gasteiger partial charge in [-0.15, -0.1) is 0 Å². The van der Waals surface area contributed by atoms with Crippen LogP contribution >= 0.6 is 0 Å². The molecule has 0 radical (unpaired) electrons. The molecule has 3 aromatic rings. The standard InChI is InChI=1S/C25H24F3NO6/c1-4-11-32-24(31)15-5-7-16(8-6-15)34-22-20(30)17-9-10-19-18(12-29(13-33-19)14(2)3)21(17)35-23(22)25(26,27)28/h5-10,14H,4,11-13H2,1-3H3. The second-order valence-corrected chi connectivity index (χ2v) is 8.38. The smallest absolute Gasteiger partial charge is 0.453 e. The van der Waals surface area contributed by atoms with Crippen LogP contribution in [0.25, 0.3) is 11.0 Å². The van der Waals surface area contributed by atoms with E-state index in [9.17, 15) is 22.8 Å². The van der Waals surface area contributed by atoms with E-state index in [4.69, 9.17) is 18.6 Å². The molecule has 0 atom stereocenters. The first-order valence-electron chi connectivity index (χ1n) is 11.1. The van der Waals surface area contributed by atoms with E-state index in [1.54, 1.807) is 6.07 Å². The van der Waals surface area contributed by atoms with Gasteiger partial charge in [0.15, 0.2) is 0 Å². The fraction of sp³-hybridized carbons (Fsp3) is 0.360. The van der Waals surface area contributed by atoms with Gasteiger partial charge >= 0.3 is 12.1 Å². The van der Waals surface area contributed by atoms with Gasteiger partial charge in [-0.05, 0) is 56.7 Å². The number of nitrogens with zero attached hydrogens (tertiary/aromatic N) is 1. The van der Waals surface area contributed by atoms with Gasteiger partial charge in [-0.1, -0.05) is 6.92 Å². The average Bonchev–Trinajstić information content (AvgIpc) is 2.83. The minimum Gasteiger partial charge on any atom is -0.478 e. The van der Waals surface area contributed by atoms with Crippen LogP contribution < -0.4 is 14.9 Å². The molecule has 0 aliphatic carbocycles. The molecular weight excluding hydrogens is 467 g/mol. The summed E-state index contributed by atoms with van der Waals surface area (Å²) in [4.78, 5) is 27.0. The zero-order valence-corrected chi connectivity index (χ0v) is 19.4. The Bertz CT molecular complexity index is 1300. The number of carbonyl (C=O) groups is 1. The highest BCUT2D eigenvalue weighted by atomic mass is 19.4. The molecular formula is C25H24F3NO6. The molecule has 0 amide bonds. The van der Waals surface area contributed by atoms with Crippen LogP contribution in [-0.4, -0.2) is 30.2 Å². The number of halogens is 3. The molecule has 35 heavy (non-hydrogen) atoms. The first-order valence-corrected chi connectivity index (χ1v) is 11.1. The number of hydrogen-bond acceptors (Lipinski definition) is 7. The summed E-state index contributed by atoms with van der Waals surface area (Å²) in [5, 5.41) is -0.0549. The van der Waals surface area contributed by atoms with Crippen molar-refractivity contribution in [2.24, 2.45) is 0 Å². The van der Waals surface area contributed by atoms with Crippen molar-refractivity contribution in [3.63, 3.8) is 0 Å². The molecule has 10 heteroatoms. The van der Waals surface area contributed by atoms with Crippen LogP contribution in [0, 0.1) is 0 Å². The average molecular weight is 491 g/mol. The summed E-state index contributed by atoms with van der Waals surface area (Å²) in [5.74, 6) is -2.80. The van der Waals surface area contributed by atoms with E-state index >= 15 is 0 Å². The van der Waals surface area contributed by atoms with Crippen LogP contribution in [0.1, 0.15) is 48.9 Å². The number of carbonyl (C=O) groups excluding carboxylic acids is 1. The number of benzene rings is 2. The molecule has 0 saturated heterocycles. The Morgan fingerprint density at radius 2 is 1.86 bits per heavy atom. The third kappa shape index (κ3) is 4.97. The SMILES string of the molecule is CCCOC(=O)c1ccc(Oc2c(C(F)(F)F)oc3c4c(ccc3c2=O)OCN(C(C)C)C4)cc1. The lowest BCUT2D eigenvalue weighted by atomic mass is 10.1. The number of alkyl halides is 3. The zero-order valence-electron chi connectivity index (χ0n) is 19.4. The number of fused-ring (bicyclic) bond motifs is 3. The van der Waals surface area contributed by atoms with Gasteiger partial charge in [0.25, 0.3) is 5.76 Å². The Morgan fingerprint density at radius 1 is 1.14 bits per heavy atom. The largest absolute Gasteiger partial charge is 0.478 e. The van der Waals surface area contributed by atoms with Gasteiger partial charge in [0.2, 0.25) is 11.2 Å². The van der Waals surface area contributed by atoms with Crippen molar-refractivity contribution in [1.29, 1.82) is 0 Å². The highest BCUT2D eigenvalue weighted by Gasteiger charge is 2.41. The quantitative estimate of drug-likeness (QED) is 0.408. The molecule has 0 bridgehead atoms. The number of esters is 1. The lowest BCUT2D eigenvalue weighted by Gasteiger charge is -2.32. The molecule has 0 unspecified atom stereocenters. The van der Waals surface area contributed by atoms with Crippen molar-refractivity contribution in [3.05, 3.63) is 63.5 Å². The van der Waals surface area contributed by atoms with Crippen molar-refractivity contribution in [2.45, 2.75) is 46.0 Å². The van der Waals surface area contributed by atoms with Crippen molar-refractivity contribution >= 4 is 16.9 Å². The lowest BCUT2D eigenvalue weighted by Crippen LogP contribution is -2.37. The molecule has 4 rings (SSSR count). The van der Waals surface area contributed by atoms with E-state index < -0.39 is 29.1 Å². The Hall–Kier alpha value is -3.53. The van der Waals surface area contributed by atoms with Gasteiger partial charge in [0.05, 0.1) is 23.1 Å². The van der Waals surface area contributed by atoms with Crippen LogP contribution in [-0.2, 0) is 17.5 Å². The summed E-state index contributed by atoms with van der Waals surface area (Å²) < 4.78 is 63.3. The molecule has 1 aromatic heterocycles. The van der Waals surface area contributed by atoms with Gasteiger partial charge in [-0.3, -0.25) is 9.69 Å². The van der Waals surface area contributed by atoms with E-state index in [0.717, 1.165) is 0 Å². The minimum absolute atomic E-state index is 0.0549. The monoisotopic (exact) mass is 491 g/mol. The Morgan fingerprint density at radius 3 is 2.49 bits per heavy atom. The van der Waals surface area contributed by atoms with Crippen LogP contribution in [0.3, 0.4) is 0 Å². The van der Waals surface area contributed by atoms with Gasteiger partial charge in [-0.2, -0.15) is 13.2 Å². The minimum atomic E-state index is -5.00. The van der Waals surface area contributed by atoms with Crippen LogP contribution in [0.2, 0.25) is 0 Å². The maximum atomic E-state index is 14.0. The highest BCUT2D eigenvalue weighted by Crippen LogP contribution is 2.41. The summed E-state index contributed by atoms with van der Waals surface area (Å²) in [6.07, 6.45) is -4.35. The van der Waals surface area contributed by atoms with Gasteiger partial charge in [-0.25, -0.2) is 4.79 Å². The third-order valence-corrected chi connectivity index (χ3v) is 5.56. The first-order chi connectivity index (χ1) is 16.6. The molecule has 1 aliphatic rings. The van der Waals surface area contributed by atoms with Gasteiger partial charge < -0.3 is 18.6 Å². The second kappa shape index (κ2) is 9.61. The maximum absolute atomic E-state index is 14.0. The van der Waals surface area contributed by atoms with E-state index in [0.29, 0.717) is 17.7 Å². The summed E-state index contributed by atoms with van der Waals surface area (Å²) in [6.45, 7) is 6.49. The Kier molecular flexibility index (Phi) is 6.75. The normalized spacial score (nSPS) is 14.0. The topological polar surface area (TPSA) is 78.2 Å². The molecule has 186 valence electrons. The Labute approximate surface area is 199 Å². The zero-order chi connectivity index (χ0) is 25.3. The number of ether oxygens (including phenoxy) is 3. The van der Waals surface area contributed by atoms with Crippen molar-refractivity contribution in [1.82, 2.24) is 4.90 Å². The second-order valence-electron chi connectivity index (χ2n) is 8.38. The predicted octanol–water partition coefficient (Wildman–Crippen LogP) is 5.73. The molecule has 0 spiro atoms. The fourth-order valence-electron chi connectivity index (χ4n) is 3.63. The van der Waals surface area contributed by atoms with E-state index in [2.05, 4.69) is 0 Å². The maximum Gasteiger partial charge on any atom is 0.453 e. The van der Waals surface area contributed by atoms with Crippen molar-refractivity contribution in [2.75, 3.05) is 13.3 Å². The number of rotatable bonds is 6. The Balaban J connectivity index is 1.76. The van der Waals surface area contributed by atoms with Gasteiger partial charge in [0.1, 0.15) is 23.8 Å². The van der Waals surface area contributed by atoms with Gasteiger partial charge in [0, 0.05) is 12.6 Å². The molecule has 7 nitrogen and oxygen atoms in total. The number of hydrogen-bond donors (Lipinski definition) is 0. The van der Waals surface area contributed by atoms with Crippen LogP contribution in [0.4, 0.5) is 13.2 Å².